The molecule has 0 saturated carbocycles. The SMILES string of the molecule is CNC(CCOc1ccccc1)[Si](C)(C)O[Si](C)(C)C(CCOc1ccccc1)NC. The number of hydrogen-bond donors (Lipinski definition) is 2. The average Bonchev–Trinajstić information content (AvgIpc) is 2.74. The van der Waals surface area contributed by atoms with Crippen molar-refractivity contribution < 1.29 is 13.6 Å². The van der Waals surface area contributed by atoms with Crippen LogP contribution in [0.15, 0.2) is 60.7 Å². The van der Waals surface area contributed by atoms with Gasteiger partial charge in [-0.2, -0.15) is 0 Å². The summed E-state index contributed by atoms with van der Waals surface area (Å²) in [6.07, 6.45) is 1.85. The maximum Gasteiger partial charge on any atom is 0.190 e. The predicted octanol–water partition coefficient (Wildman–Crippen LogP) is 4.61. The Labute approximate surface area is 190 Å². The monoisotopic (exact) mass is 460 g/mol. The second kappa shape index (κ2) is 12.4. The van der Waals surface area contributed by atoms with Crippen LogP contribution in [-0.2, 0) is 4.12 Å². The maximum absolute atomic E-state index is 6.98. The topological polar surface area (TPSA) is 51.8 Å². The number of rotatable bonds is 14. The van der Waals surface area contributed by atoms with Crippen LogP contribution in [0.5, 0.6) is 11.5 Å². The molecule has 0 radical (unpaired) electrons. The highest BCUT2D eigenvalue weighted by atomic mass is 28.4. The first-order chi connectivity index (χ1) is 14.8. The molecule has 0 aromatic heterocycles. The summed E-state index contributed by atoms with van der Waals surface area (Å²) in [5.74, 6) is 1.84. The molecule has 7 heteroatoms. The van der Waals surface area contributed by atoms with Gasteiger partial charge in [0.05, 0.1) is 13.2 Å². The van der Waals surface area contributed by atoms with Gasteiger partial charge in [-0.05, 0) is 77.4 Å². The highest BCUT2D eigenvalue weighted by molar-refractivity contribution is 6.86. The summed E-state index contributed by atoms with van der Waals surface area (Å²) >= 11 is 0. The molecule has 31 heavy (non-hydrogen) atoms. The molecule has 0 aliphatic carbocycles. The van der Waals surface area contributed by atoms with E-state index in [1.54, 1.807) is 0 Å². The van der Waals surface area contributed by atoms with E-state index in [4.69, 9.17) is 13.6 Å². The normalized spacial score (nSPS) is 14.1. The second-order valence-corrected chi connectivity index (χ2v) is 17.5. The molecule has 5 nitrogen and oxygen atoms in total. The molecular weight excluding hydrogens is 420 g/mol. The zero-order valence-electron chi connectivity index (χ0n) is 20.0. The van der Waals surface area contributed by atoms with E-state index >= 15 is 0 Å². The summed E-state index contributed by atoms with van der Waals surface area (Å²) in [5.41, 5.74) is 0.641. The molecule has 0 bridgehead atoms. The van der Waals surface area contributed by atoms with Crippen molar-refractivity contribution in [3.05, 3.63) is 60.7 Å². The Morgan fingerprint density at radius 3 is 1.32 bits per heavy atom. The lowest BCUT2D eigenvalue weighted by Gasteiger charge is -2.42. The molecule has 0 amide bonds. The van der Waals surface area contributed by atoms with Gasteiger partial charge in [-0.1, -0.05) is 36.4 Å². The maximum atomic E-state index is 6.98. The molecule has 2 unspecified atom stereocenters. The molecule has 2 rings (SSSR count). The van der Waals surface area contributed by atoms with E-state index in [1.165, 1.54) is 0 Å². The minimum absolute atomic E-state index is 0.320. The molecule has 0 fully saturated rings. The van der Waals surface area contributed by atoms with Crippen LogP contribution in [0.4, 0.5) is 0 Å². The smallest absolute Gasteiger partial charge is 0.190 e. The van der Waals surface area contributed by atoms with Crippen LogP contribution < -0.4 is 20.1 Å². The van der Waals surface area contributed by atoms with Crippen molar-refractivity contribution >= 4 is 16.6 Å². The summed E-state index contributed by atoms with van der Waals surface area (Å²) in [4.78, 5) is 0. The largest absolute Gasteiger partial charge is 0.494 e. The van der Waals surface area contributed by atoms with Crippen molar-refractivity contribution in [3.8, 4) is 11.5 Å². The van der Waals surface area contributed by atoms with Crippen molar-refractivity contribution in [3.63, 3.8) is 0 Å². The zero-order chi connectivity index (χ0) is 22.7. The van der Waals surface area contributed by atoms with Gasteiger partial charge in [-0.25, -0.2) is 0 Å². The quantitative estimate of drug-likeness (QED) is 0.403. The van der Waals surface area contributed by atoms with Crippen LogP contribution in [0.3, 0.4) is 0 Å². The minimum atomic E-state index is -2.00. The third-order valence-corrected chi connectivity index (χ3v) is 14.5. The third-order valence-electron chi connectivity index (χ3n) is 5.74. The van der Waals surface area contributed by atoms with E-state index in [9.17, 15) is 0 Å². The minimum Gasteiger partial charge on any atom is -0.494 e. The van der Waals surface area contributed by atoms with Gasteiger partial charge in [0.2, 0.25) is 0 Å². The van der Waals surface area contributed by atoms with E-state index in [0.717, 1.165) is 24.3 Å². The molecule has 2 aromatic rings. The number of hydrogen-bond acceptors (Lipinski definition) is 5. The lowest BCUT2D eigenvalue weighted by Crippen LogP contribution is -2.63. The Morgan fingerprint density at radius 1 is 0.645 bits per heavy atom. The van der Waals surface area contributed by atoms with Crippen molar-refractivity contribution in [2.75, 3.05) is 27.3 Å². The van der Waals surface area contributed by atoms with Gasteiger partial charge in [-0.3, -0.25) is 0 Å². The lowest BCUT2D eigenvalue weighted by molar-refractivity contribution is 0.292. The first-order valence-electron chi connectivity index (χ1n) is 11.2. The molecule has 0 saturated heterocycles. The number of ether oxygens (including phenoxy) is 2. The van der Waals surface area contributed by atoms with Crippen LogP contribution in [0.1, 0.15) is 12.8 Å². The van der Waals surface area contributed by atoms with Crippen molar-refractivity contribution in [1.29, 1.82) is 0 Å². The first kappa shape index (κ1) is 25.6. The molecule has 0 spiro atoms. The Bertz CT molecular complexity index is 682. The molecule has 2 atom stereocenters. The lowest BCUT2D eigenvalue weighted by atomic mass is 10.3. The highest BCUT2D eigenvalue weighted by Crippen LogP contribution is 2.24. The van der Waals surface area contributed by atoms with Gasteiger partial charge in [-0.15, -0.1) is 0 Å². The standard InChI is InChI=1S/C24H40N2O3Si2/c1-25-23(17-19-27-21-13-9-7-10-14-21)30(3,4)29-31(5,6)24(26-2)18-20-28-22-15-11-8-12-16-22/h7-16,23-26H,17-20H2,1-6H3. The van der Waals surface area contributed by atoms with Gasteiger partial charge in [0.1, 0.15) is 11.5 Å². The van der Waals surface area contributed by atoms with Crippen molar-refractivity contribution in [2.45, 2.75) is 50.4 Å². The van der Waals surface area contributed by atoms with Gasteiger partial charge < -0.3 is 24.2 Å². The van der Waals surface area contributed by atoms with Gasteiger partial charge in [0.25, 0.3) is 0 Å². The van der Waals surface area contributed by atoms with E-state index in [1.807, 2.05) is 74.8 Å². The second-order valence-electron chi connectivity index (χ2n) is 8.89. The molecule has 2 aromatic carbocycles. The average molecular weight is 461 g/mol. The highest BCUT2D eigenvalue weighted by Gasteiger charge is 2.42. The fraction of sp³-hybridized carbons (Fsp3) is 0.500. The summed E-state index contributed by atoms with van der Waals surface area (Å²) < 4.78 is 18.9. The third kappa shape index (κ3) is 8.42. The summed E-state index contributed by atoms with van der Waals surface area (Å²) in [6.45, 7) is 10.6. The molecule has 0 heterocycles. The zero-order valence-corrected chi connectivity index (χ0v) is 22.0. The number of benzene rings is 2. The molecular formula is C24H40N2O3Si2. The summed E-state index contributed by atoms with van der Waals surface area (Å²) in [6, 6.07) is 20.0. The number of para-hydroxylation sites is 2. The van der Waals surface area contributed by atoms with Crippen LogP contribution in [0, 0.1) is 0 Å². The Kier molecular flexibility index (Phi) is 10.2. The first-order valence-corrected chi connectivity index (χ1v) is 17.2. The molecule has 0 aliphatic rings. The summed E-state index contributed by atoms with van der Waals surface area (Å²) in [5, 5.41) is 7.01. The van der Waals surface area contributed by atoms with E-state index in [0.29, 0.717) is 24.5 Å². The van der Waals surface area contributed by atoms with Crippen LogP contribution in [0.25, 0.3) is 0 Å². The van der Waals surface area contributed by atoms with Gasteiger partial charge in [0.15, 0.2) is 16.6 Å². The van der Waals surface area contributed by atoms with E-state index in [-0.39, 0.29) is 0 Å². The fourth-order valence-electron chi connectivity index (χ4n) is 4.12. The van der Waals surface area contributed by atoms with Gasteiger partial charge >= 0.3 is 0 Å². The van der Waals surface area contributed by atoms with Gasteiger partial charge in [0, 0.05) is 11.3 Å². The predicted molar refractivity (Wildman–Crippen MR) is 135 cm³/mol. The molecule has 172 valence electrons. The van der Waals surface area contributed by atoms with Crippen LogP contribution in [0.2, 0.25) is 26.2 Å². The number of nitrogens with one attached hydrogen (secondary N) is 2. The van der Waals surface area contributed by atoms with Crippen LogP contribution in [-0.4, -0.2) is 55.3 Å². The Balaban J connectivity index is 1.89. The van der Waals surface area contributed by atoms with Crippen LogP contribution >= 0.6 is 0 Å². The molecule has 0 aliphatic heterocycles. The van der Waals surface area contributed by atoms with E-state index in [2.05, 4.69) is 36.8 Å². The Hall–Kier alpha value is -1.65. The summed E-state index contributed by atoms with van der Waals surface area (Å²) in [7, 11) is 0.0642. The Morgan fingerprint density at radius 2 is 1.00 bits per heavy atom. The fourth-order valence-corrected chi connectivity index (χ4v) is 13.7. The van der Waals surface area contributed by atoms with Crippen molar-refractivity contribution in [1.82, 2.24) is 10.6 Å². The molecule has 2 N–H and O–H groups in total. The van der Waals surface area contributed by atoms with E-state index < -0.39 is 16.6 Å². The van der Waals surface area contributed by atoms with Crippen molar-refractivity contribution in [2.24, 2.45) is 0 Å².